The molecule has 2 aromatic carbocycles. The number of alkyl halides is 6. The highest BCUT2D eigenvalue weighted by Gasteiger charge is 2.35. The summed E-state index contributed by atoms with van der Waals surface area (Å²) in [5.41, 5.74) is -0.594. The summed E-state index contributed by atoms with van der Waals surface area (Å²) in [6, 6.07) is 9.76. The van der Waals surface area contributed by atoms with Gasteiger partial charge in [0, 0.05) is 13.1 Å². The molecule has 0 unspecified atom stereocenters. The first-order chi connectivity index (χ1) is 16.7. The molecule has 0 spiro atoms. The second-order valence-corrected chi connectivity index (χ2v) is 8.18. The summed E-state index contributed by atoms with van der Waals surface area (Å²) in [5.74, 6) is -2.48. The van der Waals surface area contributed by atoms with Crippen molar-refractivity contribution in [2.45, 2.75) is 17.4 Å². The lowest BCUT2D eigenvalue weighted by atomic mass is 10.2. The van der Waals surface area contributed by atoms with Crippen LogP contribution in [-0.4, -0.2) is 60.6 Å². The number of rotatable bonds is 11. The third kappa shape index (κ3) is 10.9. The molecule has 0 fully saturated rings. The van der Waals surface area contributed by atoms with Gasteiger partial charge in [-0.15, -0.1) is 51.6 Å². The molecule has 0 aromatic heterocycles. The first kappa shape index (κ1) is 29.5. The molecule has 2 aromatic rings. The Morgan fingerprint density at radius 1 is 0.694 bits per heavy atom. The van der Waals surface area contributed by atoms with Crippen molar-refractivity contribution >= 4 is 37.2 Å². The van der Waals surface area contributed by atoms with Gasteiger partial charge in [0.2, 0.25) is 0 Å². The Morgan fingerprint density at radius 3 is 1.31 bits per heavy atom. The molecular formula is C21H19F6NO6S2. The zero-order valence-corrected chi connectivity index (χ0v) is 19.9. The minimum Gasteiger partial charge on any atom is -0.492 e. The molecule has 36 heavy (non-hydrogen) atoms. The van der Waals surface area contributed by atoms with Crippen molar-refractivity contribution in [1.29, 1.82) is 0 Å². The van der Waals surface area contributed by atoms with Crippen molar-refractivity contribution in [3.8, 4) is 11.5 Å². The summed E-state index contributed by atoms with van der Waals surface area (Å²) in [7, 11) is 0. The number of ether oxygens (including phenoxy) is 4. The minimum absolute atomic E-state index is 0.139. The molecule has 15 heteroatoms. The molecule has 7 nitrogen and oxygen atoms in total. The Balaban J connectivity index is 1.78. The lowest BCUT2D eigenvalue weighted by Gasteiger charge is -2.25. The van der Waals surface area contributed by atoms with Crippen LogP contribution >= 0.6 is 25.3 Å². The molecular weight excluding hydrogens is 540 g/mol. The van der Waals surface area contributed by atoms with Crippen LogP contribution in [0.4, 0.5) is 26.3 Å². The molecule has 0 radical (unpaired) electrons. The fourth-order valence-electron chi connectivity index (χ4n) is 2.61. The second kappa shape index (κ2) is 13.0. The summed E-state index contributed by atoms with van der Waals surface area (Å²) in [4.78, 5) is 24.5. The number of esters is 2. The Bertz CT molecular complexity index is 922. The van der Waals surface area contributed by atoms with Gasteiger partial charge in [0.1, 0.15) is 24.7 Å². The number of carbonyl (C=O) groups excluding carboxylic acids is 2. The summed E-state index contributed by atoms with van der Waals surface area (Å²) in [5, 5.41) is 0. The number of thiol groups is 2. The van der Waals surface area contributed by atoms with E-state index in [0.717, 1.165) is 24.3 Å². The number of hydrogen-bond donors (Lipinski definition) is 2. The molecule has 0 atom stereocenters. The number of nitrogens with zero attached hydrogens (tertiary/aromatic N) is 1. The van der Waals surface area contributed by atoms with Crippen molar-refractivity contribution in [2.24, 2.45) is 0 Å². The average Bonchev–Trinajstić information content (AvgIpc) is 2.76. The Morgan fingerprint density at radius 2 is 1.03 bits per heavy atom. The number of halogens is 6. The third-order valence-corrected chi connectivity index (χ3v) is 4.87. The summed E-state index contributed by atoms with van der Waals surface area (Å²) < 4.78 is 89.8. The van der Waals surface area contributed by atoms with Crippen LogP contribution in [0.2, 0.25) is 0 Å². The van der Waals surface area contributed by atoms with Crippen LogP contribution in [0.3, 0.4) is 0 Å². The van der Waals surface area contributed by atoms with E-state index in [0.29, 0.717) is 24.6 Å². The van der Waals surface area contributed by atoms with Gasteiger partial charge in [-0.1, -0.05) is 0 Å². The maximum absolute atomic E-state index is 12.1. The molecule has 0 saturated carbocycles. The van der Waals surface area contributed by atoms with Crippen molar-refractivity contribution in [3.63, 3.8) is 0 Å². The van der Waals surface area contributed by atoms with Crippen LogP contribution < -0.4 is 9.47 Å². The van der Waals surface area contributed by atoms with Crippen molar-refractivity contribution in [1.82, 2.24) is 4.90 Å². The zero-order chi connectivity index (χ0) is 26.9. The fourth-order valence-corrected chi connectivity index (χ4v) is 3.07. The van der Waals surface area contributed by atoms with Crippen LogP contribution in [-0.2, 0) is 9.47 Å². The molecule has 0 bridgehead atoms. The van der Waals surface area contributed by atoms with Gasteiger partial charge < -0.3 is 18.9 Å². The zero-order valence-electron chi connectivity index (χ0n) is 18.1. The summed E-state index contributed by atoms with van der Waals surface area (Å²) >= 11 is 8.49. The number of benzene rings is 2. The fraction of sp³-hybridized carbons (Fsp3) is 0.333. The standard InChI is InChI=1S/C21H19F6NO6S2/c22-20(23,24)33-17(29)13-1-5-15(6-2-13)31-11-9-28(19(35)36)10-12-32-16-7-3-14(4-8-16)18(30)34-21(25,26)27/h1-8,19,35-36H,9-12H2. The highest BCUT2D eigenvalue weighted by molar-refractivity contribution is 7.99. The Labute approximate surface area is 212 Å². The molecule has 2 rings (SSSR count). The van der Waals surface area contributed by atoms with E-state index < -0.39 is 29.4 Å². The predicted molar refractivity (Wildman–Crippen MR) is 120 cm³/mol. The SMILES string of the molecule is O=C(OC(F)(F)F)c1ccc(OCCN(CCOc2ccc(C(=O)OC(F)(F)F)cc2)C(S)S)cc1. The monoisotopic (exact) mass is 559 g/mol. The van der Waals surface area contributed by atoms with Gasteiger partial charge in [-0.05, 0) is 48.5 Å². The van der Waals surface area contributed by atoms with Crippen molar-refractivity contribution < 1.29 is 54.9 Å². The molecule has 0 aliphatic heterocycles. The van der Waals surface area contributed by atoms with Gasteiger partial charge in [0.25, 0.3) is 0 Å². The molecule has 198 valence electrons. The normalized spacial score (nSPS) is 11.9. The molecule has 0 heterocycles. The highest BCUT2D eigenvalue weighted by Crippen LogP contribution is 2.22. The van der Waals surface area contributed by atoms with E-state index in [9.17, 15) is 35.9 Å². The summed E-state index contributed by atoms with van der Waals surface area (Å²) in [6.45, 7) is 0.919. The molecule has 0 aliphatic rings. The minimum atomic E-state index is -5.08. The molecule has 0 amide bonds. The van der Waals surface area contributed by atoms with E-state index in [1.54, 1.807) is 4.90 Å². The smallest absolute Gasteiger partial charge is 0.492 e. The van der Waals surface area contributed by atoms with Gasteiger partial charge >= 0.3 is 24.7 Å². The Kier molecular flexibility index (Phi) is 10.6. The highest BCUT2D eigenvalue weighted by atomic mass is 32.2. The largest absolute Gasteiger partial charge is 0.575 e. The van der Waals surface area contributed by atoms with E-state index in [-0.39, 0.29) is 24.3 Å². The average molecular weight is 560 g/mol. The van der Waals surface area contributed by atoms with Gasteiger partial charge in [-0.2, -0.15) is 0 Å². The van der Waals surface area contributed by atoms with Crippen molar-refractivity contribution in [3.05, 3.63) is 59.7 Å². The molecule has 0 N–H and O–H groups in total. The third-order valence-electron chi connectivity index (χ3n) is 4.22. The van der Waals surface area contributed by atoms with E-state index >= 15 is 0 Å². The molecule has 0 saturated heterocycles. The van der Waals surface area contributed by atoms with E-state index in [2.05, 4.69) is 34.7 Å². The van der Waals surface area contributed by atoms with Crippen molar-refractivity contribution in [2.75, 3.05) is 26.3 Å². The van der Waals surface area contributed by atoms with E-state index in [1.165, 1.54) is 24.3 Å². The van der Waals surface area contributed by atoms with Gasteiger partial charge in [0.05, 0.1) is 15.8 Å². The van der Waals surface area contributed by atoms with Gasteiger partial charge in [-0.25, -0.2) is 9.59 Å². The maximum atomic E-state index is 12.1. The molecule has 0 aliphatic carbocycles. The van der Waals surface area contributed by atoms with Crippen LogP contribution in [0.5, 0.6) is 11.5 Å². The van der Waals surface area contributed by atoms with Gasteiger partial charge in [0.15, 0.2) is 0 Å². The Hall–Kier alpha value is -2.78. The van der Waals surface area contributed by atoms with Gasteiger partial charge in [-0.3, -0.25) is 4.90 Å². The van der Waals surface area contributed by atoms with Crippen LogP contribution in [0, 0.1) is 0 Å². The first-order valence-corrected chi connectivity index (χ1v) is 10.9. The van der Waals surface area contributed by atoms with E-state index in [4.69, 9.17) is 9.47 Å². The lowest BCUT2D eigenvalue weighted by Crippen LogP contribution is -2.35. The first-order valence-electron chi connectivity index (χ1n) is 9.89. The van der Waals surface area contributed by atoms with Crippen LogP contribution in [0.1, 0.15) is 20.7 Å². The topological polar surface area (TPSA) is 74.3 Å². The summed E-state index contributed by atoms with van der Waals surface area (Å²) in [6.07, 6.45) is -10.2. The predicted octanol–water partition coefficient (Wildman–Crippen LogP) is 4.94. The quantitative estimate of drug-likeness (QED) is 0.175. The number of carbonyl (C=O) groups is 2. The lowest BCUT2D eigenvalue weighted by molar-refractivity contribution is -0.293. The maximum Gasteiger partial charge on any atom is 0.575 e. The van der Waals surface area contributed by atoms with Crippen LogP contribution in [0.15, 0.2) is 48.5 Å². The second-order valence-electron chi connectivity index (χ2n) is 6.80. The van der Waals surface area contributed by atoms with E-state index in [1.807, 2.05) is 0 Å². The van der Waals surface area contributed by atoms with Crippen LogP contribution in [0.25, 0.3) is 0 Å². The number of hydrogen-bond acceptors (Lipinski definition) is 9.